The molecular formula is C13H16O3. The largest absolute Gasteiger partial charge is 0.486 e. The van der Waals surface area contributed by atoms with Gasteiger partial charge >= 0.3 is 0 Å². The van der Waals surface area contributed by atoms with Crippen molar-refractivity contribution in [2.24, 2.45) is 11.3 Å². The van der Waals surface area contributed by atoms with Gasteiger partial charge in [-0.3, -0.25) is 9.59 Å². The quantitative estimate of drug-likeness (QED) is 0.627. The predicted octanol–water partition coefficient (Wildman–Crippen LogP) is 2.01. The molecule has 0 aromatic carbocycles. The average Bonchev–Trinajstić information content (AvgIpc) is 2.74. The van der Waals surface area contributed by atoms with Crippen molar-refractivity contribution in [1.29, 1.82) is 0 Å². The third-order valence-electron chi connectivity index (χ3n) is 4.51. The summed E-state index contributed by atoms with van der Waals surface area (Å²) in [5.41, 5.74) is -0.505. The molecule has 0 amide bonds. The van der Waals surface area contributed by atoms with Gasteiger partial charge in [0.05, 0.1) is 5.41 Å². The summed E-state index contributed by atoms with van der Waals surface area (Å²) in [7, 11) is 0. The maximum absolute atomic E-state index is 12.2. The van der Waals surface area contributed by atoms with E-state index in [0.717, 1.165) is 25.7 Å². The average molecular weight is 220 g/mol. The Labute approximate surface area is 94.8 Å². The van der Waals surface area contributed by atoms with Gasteiger partial charge in [0.25, 0.3) is 0 Å². The second-order valence-corrected chi connectivity index (χ2v) is 5.17. The molecular weight excluding hydrogens is 204 g/mol. The van der Waals surface area contributed by atoms with Crippen LogP contribution in [0.1, 0.15) is 38.5 Å². The van der Waals surface area contributed by atoms with Gasteiger partial charge in [0.2, 0.25) is 0 Å². The summed E-state index contributed by atoms with van der Waals surface area (Å²) in [5.74, 6) is 1.06. The molecule has 3 unspecified atom stereocenters. The minimum absolute atomic E-state index is 0.0836. The number of ketones is 2. The Hall–Kier alpha value is -1.12. The van der Waals surface area contributed by atoms with Crippen LogP contribution in [0, 0.1) is 11.3 Å². The molecule has 2 aliphatic carbocycles. The van der Waals surface area contributed by atoms with E-state index in [2.05, 4.69) is 6.58 Å². The molecule has 0 radical (unpaired) electrons. The van der Waals surface area contributed by atoms with E-state index in [1.54, 1.807) is 0 Å². The molecule has 3 rings (SSSR count). The number of ether oxygens (including phenoxy) is 1. The molecule has 0 bridgehead atoms. The molecule has 86 valence electrons. The molecule has 1 heterocycles. The topological polar surface area (TPSA) is 43.4 Å². The Morgan fingerprint density at radius 3 is 2.81 bits per heavy atom. The van der Waals surface area contributed by atoms with Crippen molar-refractivity contribution in [3.05, 3.63) is 12.3 Å². The molecule has 0 N–H and O–H groups in total. The van der Waals surface area contributed by atoms with Crippen molar-refractivity contribution in [2.45, 2.75) is 44.6 Å². The van der Waals surface area contributed by atoms with Gasteiger partial charge in [-0.05, 0) is 19.3 Å². The highest BCUT2D eigenvalue weighted by Crippen LogP contribution is 2.56. The maximum Gasteiger partial charge on any atom is 0.173 e. The summed E-state index contributed by atoms with van der Waals surface area (Å²) in [4.78, 5) is 23.9. The first-order valence-electron chi connectivity index (χ1n) is 6.08. The van der Waals surface area contributed by atoms with Crippen LogP contribution in [-0.4, -0.2) is 17.7 Å². The van der Waals surface area contributed by atoms with E-state index >= 15 is 0 Å². The van der Waals surface area contributed by atoms with Gasteiger partial charge in [-0.25, -0.2) is 0 Å². The van der Waals surface area contributed by atoms with Gasteiger partial charge in [-0.15, -0.1) is 0 Å². The van der Waals surface area contributed by atoms with Crippen molar-refractivity contribution in [3.63, 3.8) is 0 Å². The number of allylic oxidation sites excluding steroid dienone is 1. The molecule has 1 spiro atoms. The molecule has 3 fully saturated rings. The van der Waals surface area contributed by atoms with Crippen LogP contribution in [0.4, 0.5) is 0 Å². The highest BCUT2D eigenvalue weighted by atomic mass is 16.5. The predicted molar refractivity (Wildman–Crippen MR) is 57.7 cm³/mol. The van der Waals surface area contributed by atoms with Crippen LogP contribution >= 0.6 is 0 Å². The fourth-order valence-electron chi connectivity index (χ4n) is 3.67. The van der Waals surface area contributed by atoms with Crippen molar-refractivity contribution >= 4 is 11.6 Å². The molecule has 16 heavy (non-hydrogen) atoms. The van der Waals surface area contributed by atoms with Gasteiger partial charge < -0.3 is 4.74 Å². The van der Waals surface area contributed by atoms with Crippen LogP contribution in [0.25, 0.3) is 0 Å². The zero-order chi connectivity index (χ0) is 11.3. The van der Waals surface area contributed by atoms with E-state index in [-0.39, 0.29) is 23.6 Å². The fraction of sp³-hybridized carbons (Fsp3) is 0.692. The van der Waals surface area contributed by atoms with Gasteiger partial charge in [-0.1, -0.05) is 13.0 Å². The lowest BCUT2D eigenvalue weighted by molar-refractivity contribution is -0.131. The molecule has 3 nitrogen and oxygen atoms in total. The van der Waals surface area contributed by atoms with Crippen LogP contribution in [0.2, 0.25) is 0 Å². The van der Waals surface area contributed by atoms with E-state index in [1.807, 2.05) is 0 Å². The zero-order valence-electron chi connectivity index (χ0n) is 9.33. The fourth-order valence-corrected chi connectivity index (χ4v) is 3.67. The lowest BCUT2D eigenvalue weighted by atomic mass is 9.64. The number of fused-ring (bicyclic) bond motifs is 2. The third-order valence-corrected chi connectivity index (χ3v) is 4.51. The molecule has 1 saturated heterocycles. The van der Waals surface area contributed by atoms with Crippen LogP contribution in [0.15, 0.2) is 12.3 Å². The van der Waals surface area contributed by atoms with Gasteiger partial charge in [0, 0.05) is 18.8 Å². The first kappa shape index (κ1) is 10.1. The smallest absolute Gasteiger partial charge is 0.173 e. The van der Waals surface area contributed by atoms with Crippen LogP contribution in [0.5, 0.6) is 0 Å². The minimum atomic E-state index is -0.505. The second-order valence-electron chi connectivity index (χ2n) is 5.17. The van der Waals surface area contributed by atoms with Crippen molar-refractivity contribution in [1.82, 2.24) is 0 Å². The van der Waals surface area contributed by atoms with Crippen LogP contribution < -0.4 is 0 Å². The van der Waals surface area contributed by atoms with Crippen LogP contribution in [-0.2, 0) is 14.3 Å². The number of carbonyl (C=O) groups excluding carboxylic acids is 2. The van der Waals surface area contributed by atoms with Crippen molar-refractivity contribution < 1.29 is 14.3 Å². The first-order chi connectivity index (χ1) is 7.66. The number of rotatable bonds is 0. The highest BCUT2D eigenvalue weighted by molar-refractivity contribution is 5.94. The first-order valence-corrected chi connectivity index (χ1v) is 6.08. The van der Waals surface area contributed by atoms with Gasteiger partial charge in [0.15, 0.2) is 11.9 Å². The molecule has 3 atom stereocenters. The Morgan fingerprint density at radius 1 is 1.25 bits per heavy atom. The summed E-state index contributed by atoms with van der Waals surface area (Å²) in [6.07, 6.45) is 4.48. The van der Waals surface area contributed by atoms with Crippen LogP contribution in [0.3, 0.4) is 0 Å². The summed E-state index contributed by atoms with van der Waals surface area (Å²) in [5, 5.41) is 0. The van der Waals surface area contributed by atoms with E-state index in [0.29, 0.717) is 18.6 Å². The number of carbonyl (C=O) groups is 2. The van der Waals surface area contributed by atoms with E-state index in [4.69, 9.17) is 4.74 Å². The SMILES string of the molecule is C=C1OC2C(=O)CCC2C12CCCCC2=O. The Bertz CT molecular complexity index is 385. The third kappa shape index (κ3) is 1.04. The molecule has 1 aliphatic heterocycles. The van der Waals surface area contributed by atoms with Crippen molar-refractivity contribution in [2.75, 3.05) is 0 Å². The zero-order valence-corrected chi connectivity index (χ0v) is 9.33. The lowest BCUT2D eigenvalue weighted by Crippen LogP contribution is -2.40. The van der Waals surface area contributed by atoms with Gasteiger partial charge in [-0.2, -0.15) is 0 Å². The molecule has 3 heteroatoms. The molecule has 0 aromatic heterocycles. The second kappa shape index (κ2) is 3.19. The van der Waals surface area contributed by atoms with E-state index < -0.39 is 5.41 Å². The summed E-state index contributed by atoms with van der Waals surface area (Å²) in [6.45, 7) is 3.90. The van der Waals surface area contributed by atoms with Gasteiger partial charge in [0.1, 0.15) is 11.5 Å². The summed E-state index contributed by atoms with van der Waals surface area (Å²) >= 11 is 0. The molecule has 3 aliphatic rings. The number of hydrogen-bond acceptors (Lipinski definition) is 3. The Morgan fingerprint density at radius 2 is 2.06 bits per heavy atom. The van der Waals surface area contributed by atoms with E-state index in [9.17, 15) is 9.59 Å². The Balaban J connectivity index is 2.02. The normalized spacial score (nSPS) is 42.6. The molecule has 0 aromatic rings. The standard InChI is InChI=1S/C13H16O3/c1-8-13(7-3-2-4-11(13)15)9-5-6-10(14)12(9)16-8/h9,12H,1-7H2. The van der Waals surface area contributed by atoms with Crippen molar-refractivity contribution in [3.8, 4) is 0 Å². The number of hydrogen-bond donors (Lipinski definition) is 0. The lowest BCUT2D eigenvalue weighted by Gasteiger charge is -2.34. The summed E-state index contributed by atoms with van der Waals surface area (Å²) < 4.78 is 5.60. The minimum Gasteiger partial charge on any atom is -0.486 e. The highest BCUT2D eigenvalue weighted by Gasteiger charge is 2.61. The summed E-state index contributed by atoms with van der Waals surface area (Å²) in [6, 6.07) is 0. The molecule has 2 saturated carbocycles. The monoisotopic (exact) mass is 220 g/mol. The maximum atomic E-state index is 12.2. The Kier molecular flexibility index (Phi) is 2.00. The number of Topliss-reactive ketones (excluding diaryl/α,β-unsaturated/α-hetero) is 2. The van der Waals surface area contributed by atoms with E-state index in [1.165, 1.54) is 0 Å².